The van der Waals surface area contributed by atoms with Crippen molar-refractivity contribution in [3.05, 3.63) is 65.6 Å². The van der Waals surface area contributed by atoms with E-state index in [1.54, 1.807) is 0 Å². The zero-order valence-corrected chi connectivity index (χ0v) is 17.2. The number of rotatable bonds is 6. The van der Waals surface area contributed by atoms with Crippen molar-refractivity contribution in [1.29, 1.82) is 0 Å². The van der Waals surface area contributed by atoms with Crippen molar-refractivity contribution in [3.8, 4) is 0 Å². The van der Waals surface area contributed by atoms with Crippen molar-refractivity contribution in [2.45, 2.75) is 19.9 Å². The number of aromatic nitrogens is 3. The van der Waals surface area contributed by atoms with E-state index in [-0.39, 0.29) is 24.0 Å². The van der Waals surface area contributed by atoms with Crippen molar-refractivity contribution in [2.75, 3.05) is 13.1 Å². The molecule has 0 saturated carbocycles. The second-order valence-corrected chi connectivity index (χ2v) is 5.65. The summed E-state index contributed by atoms with van der Waals surface area (Å²) in [6.07, 6.45) is 2.31. The van der Waals surface area contributed by atoms with Gasteiger partial charge in [-0.15, -0.1) is 34.2 Å². The number of guanidine groups is 1. The molecule has 0 radical (unpaired) electrons. The first-order valence-electron chi connectivity index (χ1n) is 8.42. The predicted molar refractivity (Wildman–Crippen MR) is 111 cm³/mol. The second-order valence-electron chi connectivity index (χ2n) is 5.65. The summed E-state index contributed by atoms with van der Waals surface area (Å²) in [5, 5.41) is 14.5. The number of aliphatic imine (C=N–C) groups is 1. The molecule has 0 bridgehead atoms. The maximum absolute atomic E-state index is 13.7. The summed E-state index contributed by atoms with van der Waals surface area (Å²) in [4.78, 5) is 4.49. The molecule has 2 N–H and O–H groups in total. The number of hydrogen-bond acceptors (Lipinski definition) is 3. The quantitative estimate of drug-likeness (QED) is 0.320. The smallest absolute Gasteiger partial charge is 0.191 e. The zero-order chi connectivity index (χ0) is 18.4. The van der Waals surface area contributed by atoms with Gasteiger partial charge in [-0.25, -0.2) is 13.8 Å². The number of halogens is 3. The third-order valence-electron chi connectivity index (χ3n) is 3.81. The second kappa shape index (κ2) is 10.1. The molecular formula is C18H21F2IN6. The first-order chi connectivity index (χ1) is 12.7. The Hall–Kier alpha value is -2.30. The van der Waals surface area contributed by atoms with Gasteiger partial charge in [0.15, 0.2) is 17.4 Å². The van der Waals surface area contributed by atoms with Crippen LogP contribution in [0.25, 0.3) is 5.65 Å². The molecule has 0 atom stereocenters. The Labute approximate surface area is 173 Å². The highest BCUT2D eigenvalue weighted by Crippen LogP contribution is 2.09. The van der Waals surface area contributed by atoms with Crippen LogP contribution in [0.15, 0.2) is 47.6 Å². The number of nitrogens with one attached hydrogen (secondary N) is 2. The predicted octanol–water partition coefficient (Wildman–Crippen LogP) is 2.92. The molecule has 2 heterocycles. The molecule has 3 rings (SSSR count). The van der Waals surface area contributed by atoms with Gasteiger partial charge in [0, 0.05) is 25.4 Å². The van der Waals surface area contributed by atoms with Crippen LogP contribution in [0.2, 0.25) is 0 Å². The summed E-state index contributed by atoms with van der Waals surface area (Å²) < 4.78 is 28.5. The normalized spacial score (nSPS) is 11.3. The van der Waals surface area contributed by atoms with Crippen molar-refractivity contribution in [2.24, 2.45) is 4.99 Å². The molecule has 0 aliphatic carbocycles. The number of fused-ring (bicyclic) bond motifs is 1. The van der Waals surface area contributed by atoms with Crippen LogP contribution in [-0.2, 0) is 13.0 Å². The lowest BCUT2D eigenvalue weighted by Crippen LogP contribution is -2.38. The number of nitrogens with zero attached hydrogens (tertiary/aromatic N) is 4. The molecule has 0 aliphatic rings. The summed E-state index contributed by atoms with van der Waals surface area (Å²) in [5.74, 6) is 0.211. The lowest BCUT2D eigenvalue weighted by Gasteiger charge is -2.11. The van der Waals surface area contributed by atoms with E-state index >= 15 is 0 Å². The first kappa shape index (κ1) is 21.0. The van der Waals surface area contributed by atoms with Gasteiger partial charge >= 0.3 is 0 Å². The third kappa shape index (κ3) is 5.59. The van der Waals surface area contributed by atoms with E-state index in [0.29, 0.717) is 37.6 Å². The van der Waals surface area contributed by atoms with Gasteiger partial charge < -0.3 is 10.6 Å². The van der Waals surface area contributed by atoms with Crippen LogP contribution >= 0.6 is 24.0 Å². The minimum absolute atomic E-state index is 0. The van der Waals surface area contributed by atoms with Crippen LogP contribution in [0.5, 0.6) is 0 Å². The molecule has 3 aromatic rings. The Morgan fingerprint density at radius 2 is 2.00 bits per heavy atom. The number of hydrogen-bond donors (Lipinski definition) is 2. The fourth-order valence-electron chi connectivity index (χ4n) is 2.53. The Balaban J connectivity index is 0.00000261. The lowest BCUT2D eigenvalue weighted by atomic mass is 10.1. The lowest BCUT2D eigenvalue weighted by molar-refractivity contribution is 0.570. The first-order valence-corrected chi connectivity index (χ1v) is 8.42. The van der Waals surface area contributed by atoms with E-state index in [4.69, 9.17) is 0 Å². The van der Waals surface area contributed by atoms with Gasteiger partial charge in [-0.3, -0.25) is 4.40 Å². The molecule has 0 saturated heterocycles. The molecule has 0 fully saturated rings. The van der Waals surface area contributed by atoms with Crippen molar-refractivity contribution < 1.29 is 8.78 Å². The van der Waals surface area contributed by atoms with E-state index < -0.39 is 11.6 Å². The van der Waals surface area contributed by atoms with E-state index in [1.165, 1.54) is 12.1 Å². The molecule has 1 aromatic carbocycles. The summed E-state index contributed by atoms with van der Waals surface area (Å²) in [7, 11) is 0. The van der Waals surface area contributed by atoms with E-state index in [0.717, 1.165) is 17.5 Å². The summed E-state index contributed by atoms with van der Waals surface area (Å²) in [6.45, 7) is 3.47. The van der Waals surface area contributed by atoms with Crippen molar-refractivity contribution in [1.82, 2.24) is 25.2 Å². The Morgan fingerprint density at radius 1 is 1.15 bits per heavy atom. The largest absolute Gasteiger partial charge is 0.357 e. The summed E-state index contributed by atoms with van der Waals surface area (Å²) in [6, 6.07) is 9.29. The molecule has 2 aromatic heterocycles. The fourth-order valence-corrected chi connectivity index (χ4v) is 2.53. The van der Waals surface area contributed by atoms with Crippen molar-refractivity contribution in [3.63, 3.8) is 0 Å². The molecule has 0 spiro atoms. The highest BCUT2D eigenvalue weighted by Gasteiger charge is 2.06. The van der Waals surface area contributed by atoms with Gasteiger partial charge in [-0.2, -0.15) is 0 Å². The Bertz CT molecular complexity index is 912. The summed E-state index contributed by atoms with van der Waals surface area (Å²) >= 11 is 0. The van der Waals surface area contributed by atoms with Crippen molar-refractivity contribution >= 4 is 35.6 Å². The minimum Gasteiger partial charge on any atom is -0.357 e. The molecule has 6 nitrogen and oxygen atoms in total. The molecule has 0 unspecified atom stereocenters. The van der Waals surface area contributed by atoms with Crippen LogP contribution < -0.4 is 10.6 Å². The maximum atomic E-state index is 13.7. The molecule has 0 amide bonds. The van der Waals surface area contributed by atoms with Crippen LogP contribution in [0, 0.1) is 11.6 Å². The SMILES string of the molecule is CCNC(=NCc1nnc2ccccn12)NCCc1ccc(F)cc1F.I. The van der Waals surface area contributed by atoms with Crippen LogP contribution in [0.1, 0.15) is 18.3 Å². The molecule has 0 aliphatic heterocycles. The molecular weight excluding hydrogens is 465 g/mol. The number of pyridine rings is 1. The topological polar surface area (TPSA) is 66.6 Å². The van der Waals surface area contributed by atoms with Gasteiger partial charge in [0.05, 0.1) is 0 Å². The standard InChI is InChI=1S/C18H20F2N6.HI/c1-2-21-18(22-9-8-13-6-7-14(19)11-15(13)20)23-12-17-25-24-16-5-3-4-10-26(16)17;/h3-7,10-11H,2,8-9,12H2,1H3,(H2,21,22,23);1H. The average molecular weight is 486 g/mol. The Kier molecular flexibility index (Phi) is 7.89. The fraction of sp³-hybridized carbons (Fsp3) is 0.278. The van der Waals surface area contributed by atoms with Crippen LogP contribution in [0.4, 0.5) is 8.78 Å². The maximum Gasteiger partial charge on any atom is 0.191 e. The Morgan fingerprint density at radius 3 is 2.78 bits per heavy atom. The van der Waals surface area contributed by atoms with Crippen LogP contribution in [-0.4, -0.2) is 33.6 Å². The summed E-state index contributed by atoms with van der Waals surface area (Å²) in [5.41, 5.74) is 1.22. The minimum atomic E-state index is -0.574. The van der Waals surface area contributed by atoms with E-state index in [9.17, 15) is 8.78 Å². The van der Waals surface area contributed by atoms with E-state index in [2.05, 4.69) is 25.8 Å². The highest BCUT2D eigenvalue weighted by molar-refractivity contribution is 14.0. The van der Waals surface area contributed by atoms with Gasteiger partial charge in [0.1, 0.15) is 18.2 Å². The monoisotopic (exact) mass is 486 g/mol. The average Bonchev–Trinajstić information content (AvgIpc) is 3.05. The third-order valence-corrected chi connectivity index (χ3v) is 3.81. The highest BCUT2D eigenvalue weighted by atomic mass is 127. The van der Waals surface area contributed by atoms with Gasteiger partial charge in [-0.1, -0.05) is 12.1 Å². The molecule has 144 valence electrons. The molecule has 27 heavy (non-hydrogen) atoms. The van der Waals surface area contributed by atoms with Crippen LogP contribution in [0.3, 0.4) is 0 Å². The van der Waals surface area contributed by atoms with Gasteiger partial charge in [0.25, 0.3) is 0 Å². The number of benzene rings is 1. The van der Waals surface area contributed by atoms with E-state index in [1.807, 2.05) is 35.7 Å². The zero-order valence-electron chi connectivity index (χ0n) is 14.8. The molecule has 9 heteroatoms. The van der Waals surface area contributed by atoms with Gasteiger partial charge in [-0.05, 0) is 37.1 Å². The van der Waals surface area contributed by atoms with Gasteiger partial charge in [0.2, 0.25) is 0 Å².